The number of nitrogens with one attached hydrogen (secondary N) is 1. The zero-order chi connectivity index (χ0) is 25.0. The van der Waals surface area contributed by atoms with E-state index in [1.54, 1.807) is 10.8 Å². The lowest BCUT2D eigenvalue weighted by molar-refractivity contribution is 0.201. The smallest absolute Gasteiger partial charge is 0.270 e. The number of hydrogen-bond donors (Lipinski definition) is 2. The molecule has 0 radical (unpaired) electrons. The van der Waals surface area contributed by atoms with E-state index < -0.39 is 0 Å². The fourth-order valence-electron chi connectivity index (χ4n) is 4.68. The molecule has 10 nitrogen and oxygen atoms in total. The molecule has 0 aliphatic carbocycles. The van der Waals surface area contributed by atoms with Crippen LogP contribution in [0, 0.1) is 0 Å². The first-order valence-corrected chi connectivity index (χ1v) is 11.8. The number of benzene rings is 2. The highest BCUT2D eigenvalue weighted by molar-refractivity contribution is 6.31. The van der Waals surface area contributed by atoms with Gasteiger partial charge in [0.25, 0.3) is 5.56 Å². The molecular formula is C25H23ClN8O2. The molecule has 1 aliphatic heterocycles. The molecule has 0 spiro atoms. The predicted octanol–water partition coefficient (Wildman–Crippen LogP) is 3.23. The van der Waals surface area contributed by atoms with Gasteiger partial charge in [0, 0.05) is 25.3 Å². The minimum absolute atomic E-state index is 0.126. The van der Waals surface area contributed by atoms with E-state index in [-0.39, 0.29) is 17.5 Å². The number of rotatable bonds is 4. The summed E-state index contributed by atoms with van der Waals surface area (Å²) < 4.78 is 7.78. The first kappa shape index (κ1) is 22.2. The third kappa shape index (κ3) is 3.57. The standard InChI is InChI=1S/C25H23ClN8O2/c1-32-12-16(36-19-9-8-14(26)10-18(19)32)13-33(2)25-28-11-17-21-20(22(27)31-30-21)24(35)34(23(17)29-25)15-6-4-3-5-7-15/h3-11,16H,12-13H2,1-2H3,(H3,27,30,31). The first-order chi connectivity index (χ1) is 17.4. The molecule has 3 N–H and O–H groups in total. The molecule has 36 heavy (non-hydrogen) atoms. The minimum Gasteiger partial charge on any atom is -0.485 e. The molecule has 0 saturated heterocycles. The van der Waals surface area contributed by atoms with Crippen molar-refractivity contribution in [3.05, 3.63) is 70.1 Å². The second-order valence-electron chi connectivity index (χ2n) is 8.86. The van der Waals surface area contributed by atoms with Crippen LogP contribution in [0.15, 0.2) is 59.5 Å². The Morgan fingerprint density at radius 2 is 2.06 bits per heavy atom. The number of hydrogen-bond acceptors (Lipinski definition) is 8. The van der Waals surface area contributed by atoms with Crippen molar-refractivity contribution in [2.24, 2.45) is 0 Å². The highest BCUT2D eigenvalue weighted by Gasteiger charge is 2.26. The number of para-hydroxylation sites is 1. The summed E-state index contributed by atoms with van der Waals surface area (Å²) in [4.78, 5) is 27.0. The summed E-state index contributed by atoms with van der Waals surface area (Å²) in [5.74, 6) is 1.39. The zero-order valence-corrected chi connectivity index (χ0v) is 20.4. The largest absolute Gasteiger partial charge is 0.485 e. The highest BCUT2D eigenvalue weighted by Crippen LogP contribution is 2.35. The van der Waals surface area contributed by atoms with Gasteiger partial charge in [-0.3, -0.25) is 14.5 Å². The normalized spacial score (nSPS) is 15.2. The van der Waals surface area contributed by atoms with Crippen LogP contribution in [0.5, 0.6) is 5.75 Å². The van der Waals surface area contributed by atoms with Gasteiger partial charge in [0.05, 0.1) is 35.4 Å². The summed E-state index contributed by atoms with van der Waals surface area (Å²) >= 11 is 6.15. The van der Waals surface area contributed by atoms with E-state index in [0.29, 0.717) is 51.7 Å². The summed E-state index contributed by atoms with van der Waals surface area (Å²) in [6.45, 7) is 1.21. The van der Waals surface area contributed by atoms with Gasteiger partial charge < -0.3 is 20.3 Å². The predicted molar refractivity (Wildman–Crippen MR) is 142 cm³/mol. The van der Waals surface area contributed by atoms with E-state index in [0.717, 1.165) is 11.4 Å². The van der Waals surface area contributed by atoms with Gasteiger partial charge >= 0.3 is 0 Å². The number of anilines is 3. The van der Waals surface area contributed by atoms with Crippen molar-refractivity contribution >= 4 is 51.0 Å². The number of aromatic nitrogens is 5. The van der Waals surface area contributed by atoms with E-state index in [1.807, 2.05) is 67.5 Å². The Balaban J connectivity index is 1.40. The maximum Gasteiger partial charge on any atom is 0.270 e. The number of ether oxygens (including phenoxy) is 1. The lowest BCUT2D eigenvalue weighted by Gasteiger charge is -2.35. The summed E-state index contributed by atoms with van der Waals surface area (Å²) in [6.07, 6.45) is 1.57. The lowest BCUT2D eigenvalue weighted by atomic mass is 10.2. The molecule has 3 aromatic heterocycles. The van der Waals surface area contributed by atoms with E-state index in [4.69, 9.17) is 27.1 Å². The van der Waals surface area contributed by atoms with Crippen molar-refractivity contribution < 1.29 is 4.74 Å². The molecule has 2 aromatic carbocycles. The SMILES string of the molecule is CN(CC1CN(C)c2cc(Cl)ccc2O1)c1ncc2c3[nH]nc(N)c3c(=O)n(-c3ccccc3)c2n1. The molecule has 5 aromatic rings. The Morgan fingerprint density at radius 3 is 2.86 bits per heavy atom. The van der Waals surface area contributed by atoms with Crippen LogP contribution in [0.3, 0.4) is 0 Å². The van der Waals surface area contributed by atoms with Crippen LogP contribution in [0.2, 0.25) is 5.02 Å². The van der Waals surface area contributed by atoms with E-state index in [2.05, 4.69) is 20.1 Å². The van der Waals surface area contributed by atoms with E-state index in [9.17, 15) is 4.79 Å². The number of nitrogens with two attached hydrogens (primary N) is 1. The first-order valence-electron chi connectivity index (χ1n) is 11.4. The molecule has 1 atom stereocenters. The molecule has 11 heteroatoms. The molecular weight excluding hydrogens is 480 g/mol. The van der Waals surface area contributed by atoms with Crippen LogP contribution in [0.25, 0.3) is 27.6 Å². The van der Waals surface area contributed by atoms with E-state index >= 15 is 0 Å². The summed E-state index contributed by atoms with van der Waals surface area (Å²) in [5.41, 5.74) is 8.33. The van der Waals surface area contributed by atoms with Gasteiger partial charge in [-0.2, -0.15) is 10.1 Å². The Hall–Kier alpha value is -4.31. The van der Waals surface area contributed by atoms with Crippen molar-refractivity contribution in [3.63, 3.8) is 0 Å². The van der Waals surface area contributed by atoms with Gasteiger partial charge in [-0.25, -0.2) is 4.98 Å². The second-order valence-corrected chi connectivity index (χ2v) is 9.29. The van der Waals surface area contributed by atoms with Crippen molar-refractivity contribution in [1.29, 1.82) is 0 Å². The van der Waals surface area contributed by atoms with Crippen LogP contribution >= 0.6 is 11.6 Å². The zero-order valence-electron chi connectivity index (χ0n) is 19.6. The van der Waals surface area contributed by atoms with Gasteiger partial charge in [0.2, 0.25) is 5.95 Å². The third-order valence-electron chi connectivity index (χ3n) is 6.38. The van der Waals surface area contributed by atoms with E-state index in [1.165, 1.54) is 0 Å². The van der Waals surface area contributed by atoms with Crippen molar-refractivity contribution in [1.82, 2.24) is 24.7 Å². The fourth-order valence-corrected chi connectivity index (χ4v) is 4.84. The number of halogens is 1. The summed E-state index contributed by atoms with van der Waals surface area (Å²) in [5, 5.41) is 8.55. The van der Waals surface area contributed by atoms with Gasteiger partial charge in [-0.15, -0.1) is 0 Å². The van der Waals surface area contributed by atoms with Gasteiger partial charge in [-0.1, -0.05) is 29.8 Å². The Labute approximate surface area is 210 Å². The second kappa shape index (κ2) is 8.42. The van der Waals surface area contributed by atoms with Crippen molar-refractivity contribution in [2.75, 3.05) is 42.7 Å². The quantitative estimate of drug-likeness (QED) is 0.384. The Kier molecular flexibility index (Phi) is 5.18. The number of nitrogen functional groups attached to an aromatic ring is 1. The van der Waals surface area contributed by atoms with Crippen LogP contribution in [-0.4, -0.2) is 58.0 Å². The maximum absolute atomic E-state index is 13.5. The topological polar surface area (TPSA) is 118 Å². The number of nitrogens with zero attached hydrogens (tertiary/aromatic N) is 6. The number of likely N-dealkylation sites (N-methyl/N-ethyl adjacent to an activating group) is 2. The maximum atomic E-state index is 13.5. The number of H-pyrrole nitrogens is 1. The molecule has 182 valence electrons. The van der Waals surface area contributed by atoms with Crippen LogP contribution in [-0.2, 0) is 0 Å². The van der Waals surface area contributed by atoms with Gasteiger partial charge in [0.1, 0.15) is 17.2 Å². The van der Waals surface area contributed by atoms with Crippen molar-refractivity contribution in [3.8, 4) is 11.4 Å². The highest BCUT2D eigenvalue weighted by atomic mass is 35.5. The lowest BCUT2D eigenvalue weighted by Crippen LogP contribution is -2.44. The number of aromatic amines is 1. The van der Waals surface area contributed by atoms with Gasteiger partial charge in [-0.05, 0) is 30.3 Å². The number of fused-ring (bicyclic) bond motifs is 4. The average Bonchev–Trinajstić information content (AvgIpc) is 3.27. The van der Waals surface area contributed by atoms with Crippen LogP contribution < -0.4 is 25.8 Å². The molecule has 0 saturated carbocycles. The van der Waals surface area contributed by atoms with Crippen LogP contribution in [0.1, 0.15) is 0 Å². The molecule has 6 rings (SSSR count). The van der Waals surface area contributed by atoms with Gasteiger partial charge in [0.15, 0.2) is 11.5 Å². The minimum atomic E-state index is -0.297. The molecule has 0 bridgehead atoms. The fraction of sp³-hybridized carbons (Fsp3) is 0.200. The number of pyridine rings is 1. The molecule has 4 heterocycles. The molecule has 1 aliphatic rings. The Morgan fingerprint density at radius 1 is 1.25 bits per heavy atom. The molecule has 0 amide bonds. The summed E-state index contributed by atoms with van der Waals surface area (Å²) in [6, 6.07) is 14.9. The van der Waals surface area contributed by atoms with Crippen LogP contribution in [0.4, 0.5) is 17.5 Å². The summed E-state index contributed by atoms with van der Waals surface area (Å²) in [7, 11) is 3.91. The van der Waals surface area contributed by atoms with Crippen molar-refractivity contribution in [2.45, 2.75) is 6.10 Å². The monoisotopic (exact) mass is 502 g/mol. The molecule has 1 unspecified atom stereocenters. The Bertz CT molecular complexity index is 1670. The molecule has 0 fully saturated rings. The third-order valence-corrected chi connectivity index (χ3v) is 6.62. The average molecular weight is 503 g/mol.